The van der Waals surface area contributed by atoms with Gasteiger partial charge >= 0.3 is 0 Å². The number of rotatable bonds is 27. The van der Waals surface area contributed by atoms with Gasteiger partial charge in [-0.2, -0.15) is 0 Å². The highest BCUT2D eigenvalue weighted by Crippen LogP contribution is 2.05. The van der Waals surface area contributed by atoms with Gasteiger partial charge in [0.15, 0.2) is 0 Å². The van der Waals surface area contributed by atoms with Crippen molar-refractivity contribution in [3.8, 4) is 0 Å². The van der Waals surface area contributed by atoms with E-state index in [4.69, 9.17) is 0 Å². The molecule has 4 heteroatoms. The fourth-order valence-corrected chi connectivity index (χ4v) is 4.48. The van der Waals surface area contributed by atoms with E-state index < -0.39 is 0 Å². The molecule has 0 aliphatic carbocycles. The maximum Gasteiger partial charge on any atom is 0.0110 e. The molecule has 0 aliphatic heterocycles. The minimum Gasteiger partial charge on any atom is -0.302 e. The van der Waals surface area contributed by atoms with Gasteiger partial charge in [0.1, 0.15) is 0 Å². The van der Waals surface area contributed by atoms with Crippen LogP contribution in [0.4, 0.5) is 0 Å². The lowest BCUT2D eigenvalue weighted by Crippen LogP contribution is -2.43. The predicted molar refractivity (Wildman–Crippen MR) is 155 cm³/mol. The minimum atomic E-state index is 1.24. The van der Waals surface area contributed by atoms with Crippen LogP contribution in [-0.4, -0.2) is 98.1 Å². The SMILES string of the molecule is CCCCN(CCCC)CCN(CCCC)CCN(CCCC)CCN(CCCC)CCCC. The summed E-state index contributed by atoms with van der Waals surface area (Å²) < 4.78 is 0. The Morgan fingerprint density at radius 3 is 0.529 bits per heavy atom. The average molecular weight is 483 g/mol. The fraction of sp³-hybridized carbons (Fsp3) is 1.00. The molecule has 0 spiro atoms. The van der Waals surface area contributed by atoms with Gasteiger partial charge in [-0.25, -0.2) is 0 Å². The molecule has 0 saturated carbocycles. The first-order valence-electron chi connectivity index (χ1n) is 15.5. The summed E-state index contributed by atoms with van der Waals surface area (Å²) in [5.41, 5.74) is 0. The van der Waals surface area contributed by atoms with Gasteiger partial charge in [-0.05, 0) is 77.8 Å². The highest BCUT2D eigenvalue weighted by molar-refractivity contribution is 4.69. The van der Waals surface area contributed by atoms with Crippen molar-refractivity contribution >= 4 is 0 Å². The Kier molecular flexibility index (Phi) is 25.8. The van der Waals surface area contributed by atoms with Crippen molar-refractivity contribution in [3.63, 3.8) is 0 Å². The third-order valence-corrected chi connectivity index (χ3v) is 7.16. The van der Waals surface area contributed by atoms with Crippen LogP contribution in [0.3, 0.4) is 0 Å². The lowest BCUT2D eigenvalue weighted by molar-refractivity contribution is 0.156. The number of nitrogens with zero attached hydrogens (tertiary/aromatic N) is 4. The summed E-state index contributed by atoms with van der Waals surface area (Å²) in [5.74, 6) is 0. The smallest absolute Gasteiger partial charge is 0.0110 e. The summed E-state index contributed by atoms with van der Waals surface area (Å²) in [6.45, 7) is 29.1. The Hall–Kier alpha value is -0.160. The molecule has 0 rings (SSSR count). The second-order valence-corrected chi connectivity index (χ2v) is 10.5. The van der Waals surface area contributed by atoms with Crippen molar-refractivity contribution in [1.82, 2.24) is 19.6 Å². The van der Waals surface area contributed by atoms with Gasteiger partial charge in [0.25, 0.3) is 0 Å². The highest BCUT2D eigenvalue weighted by atomic mass is 15.2. The van der Waals surface area contributed by atoms with Crippen LogP contribution in [0.15, 0.2) is 0 Å². The molecule has 0 amide bonds. The predicted octanol–water partition coefficient (Wildman–Crippen LogP) is 7.00. The van der Waals surface area contributed by atoms with Crippen LogP contribution in [0.2, 0.25) is 0 Å². The van der Waals surface area contributed by atoms with Crippen molar-refractivity contribution in [1.29, 1.82) is 0 Å². The van der Waals surface area contributed by atoms with E-state index in [0.29, 0.717) is 0 Å². The van der Waals surface area contributed by atoms with Gasteiger partial charge in [0.2, 0.25) is 0 Å². The van der Waals surface area contributed by atoms with Crippen LogP contribution in [-0.2, 0) is 0 Å². The van der Waals surface area contributed by atoms with Crippen molar-refractivity contribution in [2.24, 2.45) is 0 Å². The third-order valence-electron chi connectivity index (χ3n) is 7.16. The standard InChI is InChI=1S/C30H66N4/c1-7-13-19-31(20-14-8-2)25-27-33(23-17-11-5)29-30-34(24-18-12-6)28-26-32(21-15-9-3)22-16-10-4/h7-30H2,1-6H3. The molecular weight excluding hydrogens is 416 g/mol. The molecule has 0 aromatic heterocycles. The molecule has 0 radical (unpaired) electrons. The highest BCUT2D eigenvalue weighted by Gasteiger charge is 2.13. The molecule has 0 unspecified atom stereocenters. The summed E-state index contributed by atoms with van der Waals surface area (Å²) in [6, 6.07) is 0. The molecule has 0 N–H and O–H groups in total. The molecule has 0 atom stereocenters. The van der Waals surface area contributed by atoms with E-state index in [1.165, 1.54) is 156 Å². The quantitative estimate of drug-likeness (QED) is 0.125. The van der Waals surface area contributed by atoms with Crippen molar-refractivity contribution in [2.75, 3.05) is 78.5 Å². The second kappa shape index (κ2) is 25.9. The van der Waals surface area contributed by atoms with Gasteiger partial charge in [0.05, 0.1) is 0 Å². The lowest BCUT2D eigenvalue weighted by Gasteiger charge is -2.31. The summed E-state index contributed by atoms with van der Waals surface area (Å²) >= 11 is 0. The Labute approximate surface area is 216 Å². The molecule has 0 aliphatic rings. The fourth-order valence-electron chi connectivity index (χ4n) is 4.48. The van der Waals surface area contributed by atoms with Gasteiger partial charge < -0.3 is 19.6 Å². The van der Waals surface area contributed by atoms with E-state index in [-0.39, 0.29) is 0 Å². The molecule has 0 aromatic rings. The van der Waals surface area contributed by atoms with E-state index in [2.05, 4.69) is 61.1 Å². The van der Waals surface area contributed by atoms with E-state index >= 15 is 0 Å². The Morgan fingerprint density at radius 2 is 0.382 bits per heavy atom. The molecule has 0 fully saturated rings. The summed E-state index contributed by atoms with van der Waals surface area (Å²) in [4.78, 5) is 11.0. The lowest BCUT2D eigenvalue weighted by atomic mass is 10.2. The molecule has 0 saturated heterocycles. The number of hydrogen-bond acceptors (Lipinski definition) is 4. The molecule has 0 aromatic carbocycles. The van der Waals surface area contributed by atoms with E-state index in [0.717, 1.165) is 0 Å². The van der Waals surface area contributed by atoms with E-state index in [1.54, 1.807) is 0 Å². The first kappa shape index (κ1) is 33.8. The molecule has 34 heavy (non-hydrogen) atoms. The second-order valence-electron chi connectivity index (χ2n) is 10.5. The molecular formula is C30H66N4. The number of unbranched alkanes of at least 4 members (excludes halogenated alkanes) is 6. The van der Waals surface area contributed by atoms with E-state index in [9.17, 15) is 0 Å². The Bertz CT molecular complexity index is 338. The Morgan fingerprint density at radius 1 is 0.235 bits per heavy atom. The molecule has 4 nitrogen and oxygen atoms in total. The largest absolute Gasteiger partial charge is 0.302 e. The van der Waals surface area contributed by atoms with Gasteiger partial charge in [-0.15, -0.1) is 0 Å². The summed E-state index contributed by atoms with van der Waals surface area (Å²) in [6.07, 6.45) is 15.9. The van der Waals surface area contributed by atoms with Gasteiger partial charge in [-0.1, -0.05) is 80.1 Å². The van der Waals surface area contributed by atoms with Gasteiger partial charge in [-0.3, -0.25) is 0 Å². The monoisotopic (exact) mass is 483 g/mol. The minimum absolute atomic E-state index is 1.24. The first-order chi connectivity index (χ1) is 16.6. The molecule has 206 valence electrons. The van der Waals surface area contributed by atoms with E-state index in [1.807, 2.05) is 0 Å². The van der Waals surface area contributed by atoms with Crippen LogP contribution in [0.1, 0.15) is 119 Å². The van der Waals surface area contributed by atoms with Crippen molar-refractivity contribution in [2.45, 2.75) is 119 Å². The maximum atomic E-state index is 2.78. The zero-order valence-electron chi connectivity index (χ0n) is 24.8. The topological polar surface area (TPSA) is 13.0 Å². The zero-order chi connectivity index (χ0) is 25.3. The summed E-state index contributed by atoms with van der Waals surface area (Å²) in [7, 11) is 0. The van der Waals surface area contributed by atoms with Crippen molar-refractivity contribution in [3.05, 3.63) is 0 Å². The van der Waals surface area contributed by atoms with Crippen LogP contribution in [0.5, 0.6) is 0 Å². The van der Waals surface area contributed by atoms with Crippen LogP contribution in [0, 0.1) is 0 Å². The first-order valence-corrected chi connectivity index (χ1v) is 15.5. The number of hydrogen-bond donors (Lipinski definition) is 0. The maximum absolute atomic E-state index is 2.78. The van der Waals surface area contributed by atoms with Crippen LogP contribution < -0.4 is 0 Å². The van der Waals surface area contributed by atoms with Crippen LogP contribution >= 0.6 is 0 Å². The van der Waals surface area contributed by atoms with Crippen LogP contribution in [0.25, 0.3) is 0 Å². The third kappa shape index (κ3) is 20.1. The summed E-state index contributed by atoms with van der Waals surface area (Å²) in [5, 5.41) is 0. The normalized spacial score (nSPS) is 12.2. The van der Waals surface area contributed by atoms with Crippen molar-refractivity contribution < 1.29 is 0 Å². The molecule has 0 heterocycles. The Balaban J connectivity index is 4.82. The zero-order valence-corrected chi connectivity index (χ0v) is 24.8. The van der Waals surface area contributed by atoms with Gasteiger partial charge in [0, 0.05) is 39.3 Å². The average Bonchev–Trinajstić information content (AvgIpc) is 2.86. The molecule has 0 bridgehead atoms.